The molecule has 0 atom stereocenters. The van der Waals surface area contributed by atoms with Crippen LogP contribution in [0, 0.1) is 5.92 Å². The first kappa shape index (κ1) is 19.0. The lowest BCUT2D eigenvalue weighted by atomic mass is 10.0. The van der Waals surface area contributed by atoms with Crippen LogP contribution >= 0.6 is 0 Å². The van der Waals surface area contributed by atoms with Gasteiger partial charge in [0.15, 0.2) is 0 Å². The lowest BCUT2D eigenvalue weighted by Gasteiger charge is -2.32. The second-order valence-electron chi connectivity index (χ2n) is 7.43. The van der Waals surface area contributed by atoms with Crippen molar-refractivity contribution < 1.29 is 18.0 Å². The van der Waals surface area contributed by atoms with Crippen molar-refractivity contribution >= 4 is 11.7 Å². The molecule has 144 valence electrons. The van der Waals surface area contributed by atoms with Gasteiger partial charge in [0.1, 0.15) is 0 Å². The van der Waals surface area contributed by atoms with E-state index in [1.807, 2.05) is 0 Å². The highest BCUT2D eigenvalue weighted by Crippen LogP contribution is 2.30. The molecule has 1 saturated heterocycles. The fraction of sp³-hybridized carbons (Fsp3) is 0.632. The molecule has 4 nitrogen and oxygen atoms in total. The molecule has 0 radical (unpaired) electrons. The average Bonchev–Trinajstić information content (AvgIpc) is 3.39. The fourth-order valence-corrected chi connectivity index (χ4v) is 3.32. The molecule has 1 heterocycles. The number of anilines is 1. The zero-order valence-electron chi connectivity index (χ0n) is 14.8. The van der Waals surface area contributed by atoms with Gasteiger partial charge in [-0.3, -0.25) is 0 Å². The van der Waals surface area contributed by atoms with Gasteiger partial charge in [0.05, 0.1) is 0 Å². The van der Waals surface area contributed by atoms with Crippen LogP contribution in [0.4, 0.5) is 23.7 Å². The molecule has 1 saturated carbocycles. The van der Waals surface area contributed by atoms with Crippen LogP contribution in [0.5, 0.6) is 0 Å². The van der Waals surface area contributed by atoms with Gasteiger partial charge in [0.25, 0.3) is 0 Å². The summed E-state index contributed by atoms with van der Waals surface area (Å²) in [6.07, 6.45) is -0.404. The zero-order chi connectivity index (χ0) is 18.6. The quantitative estimate of drug-likeness (QED) is 0.790. The number of halogens is 3. The molecular weight excluding hydrogens is 343 g/mol. The number of hydrogen-bond acceptors (Lipinski definition) is 2. The highest BCUT2D eigenvalue weighted by Gasteiger charge is 2.28. The van der Waals surface area contributed by atoms with Crippen LogP contribution in [-0.2, 0) is 6.42 Å². The Morgan fingerprint density at radius 3 is 2.31 bits per heavy atom. The summed E-state index contributed by atoms with van der Waals surface area (Å²) in [7, 11) is 0. The Morgan fingerprint density at radius 1 is 1.08 bits per heavy atom. The molecule has 0 aromatic heterocycles. The summed E-state index contributed by atoms with van der Waals surface area (Å²) in [6, 6.07) is 6.45. The van der Waals surface area contributed by atoms with Crippen molar-refractivity contribution in [2.24, 2.45) is 5.92 Å². The Bertz CT molecular complexity index is 591. The van der Waals surface area contributed by atoms with Gasteiger partial charge in [-0.2, -0.15) is 13.2 Å². The summed E-state index contributed by atoms with van der Waals surface area (Å²) in [5.41, 5.74) is 1.20. The average molecular weight is 369 g/mol. The van der Waals surface area contributed by atoms with Crippen molar-refractivity contribution in [3.05, 3.63) is 29.8 Å². The van der Waals surface area contributed by atoms with E-state index in [1.165, 1.54) is 19.4 Å². The van der Waals surface area contributed by atoms with Gasteiger partial charge in [-0.05, 0) is 55.7 Å². The first-order valence-corrected chi connectivity index (χ1v) is 9.33. The molecule has 2 fully saturated rings. The Labute approximate surface area is 152 Å². The number of benzene rings is 1. The van der Waals surface area contributed by atoms with Crippen LogP contribution in [0.2, 0.25) is 0 Å². The molecule has 2 aliphatic rings. The fourth-order valence-electron chi connectivity index (χ4n) is 3.32. The number of amides is 2. The maximum Gasteiger partial charge on any atom is 0.389 e. The number of piperidine rings is 1. The summed E-state index contributed by atoms with van der Waals surface area (Å²) in [4.78, 5) is 14.6. The Kier molecular flexibility index (Phi) is 6.06. The first-order chi connectivity index (χ1) is 12.4. The number of aryl methyl sites for hydroxylation is 1. The summed E-state index contributed by atoms with van der Waals surface area (Å²) in [5, 5.41) is 5.75. The van der Waals surface area contributed by atoms with E-state index in [0.29, 0.717) is 11.3 Å². The second kappa shape index (κ2) is 8.29. The molecule has 0 unspecified atom stereocenters. The topological polar surface area (TPSA) is 44.4 Å². The van der Waals surface area contributed by atoms with Gasteiger partial charge in [0.2, 0.25) is 0 Å². The minimum atomic E-state index is -4.15. The molecule has 1 aliphatic heterocycles. The summed E-state index contributed by atoms with van der Waals surface area (Å²) >= 11 is 0. The highest BCUT2D eigenvalue weighted by molar-refractivity contribution is 5.89. The molecule has 2 N–H and O–H groups in total. The van der Waals surface area contributed by atoms with Crippen molar-refractivity contribution in [1.29, 1.82) is 0 Å². The van der Waals surface area contributed by atoms with Crippen molar-refractivity contribution in [3.8, 4) is 0 Å². The predicted molar refractivity (Wildman–Crippen MR) is 95.2 cm³/mol. The molecular formula is C19H26F3N3O. The molecule has 1 aromatic rings. The van der Waals surface area contributed by atoms with E-state index >= 15 is 0 Å². The molecule has 0 spiro atoms. The molecule has 2 amide bonds. The minimum absolute atomic E-state index is 0.0462. The molecule has 1 aliphatic carbocycles. The second-order valence-corrected chi connectivity index (χ2v) is 7.43. The summed E-state index contributed by atoms with van der Waals surface area (Å²) in [5.74, 6) is 0.891. The number of rotatable bonds is 6. The standard InChI is InChI=1S/C19H26F3N3O/c20-19(21,22)10-7-14-3-5-16(6-4-14)23-18(26)24-17-8-11-25(12-9-17)13-15-1-2-15/h3-6,15,17H,1-2,7-13H2,(H2,23,24,26). The SMILES string of the molecule is O=C(Nc1ccc(CCC(F)(F)F)cc1)NC1CCN(CC2CC2)CC1. The molecule has 26 heavy (non-hydrogen) atoms. The Hall–Kier alpha value is -1.76. The summed E-state index contributed by atoms with van der Waals surface area (Å²) < 4.78 is 36.7. The maximum absolute atomic E-state index is 12.2. The van der Waals surface area contributed by atoms with Gasteiger partial charge in [-0.1, -0.05) is 12.1 Å². The molecule has 1 aromatic carbocycles. The van der Waals surface area contributed by atoms with Gasteiger partial charge in [0, 0.05) is 37.8 Å². The number of nitrogens with one attached hydrogen (secondary N) is 2. The van der Waals surface area contributed by atoms with E-state index in [2.05, 4.69) is 15.5 Å². The summed E-state index contributed by atoms with van der Waals surface area (Å²) in [6.45, 7) is 3.24. The number of alkyl halides is 3. The number of carbonyl (C=O) groups excluding carboxylic acids is 1. The van der Waals surface area contributed by atoms with E-state index in [0.717, 1.165) is 31.8 Å². The Balaban J connectivity index is 1.37. The van der Waals surface area contributed by atoms with Gasteiger partial charge in [-0.25, -0.2) is 4.79 Å². The molecule has 3 rings (SSSR count). The van der Waals surface area contributed by atoms with Crippen LogP contribution in [0.25, 0.3) is 0 Å². The van der Waals surface area contributed by atoms with Crippen molar-refractivity contribution in [2.75, 3.05) is 25.0 Å². The van der Waals surface area contributed by atoms with Crippen LogP contribution in [0.15, 0.2) is 24.3 Å². The van der Waals surface area contributed by atoms with E-state index in [-0.39, 0.29) is 18.5 Å². The van der Waals surface area contributed by atoms with Crippen LogP contribution in [0.1, 0.15) is 37.7 Å². The van der Waals surface area contributed by atoms with E-state index in [9.17, 15) is 18.0 Å². The molecule has 7 heteroatoms. The number of nitrogens with zero attached hydrogens (tertiary/aromatic N) is 1. The van der Waals surface area contributed by atoms with Crippen molar-refractivity contribution in [3.63, 3.8) is 0 Å². The largest absolute Gasteiger partial charge is 0.389 e. The number of urea groups is 1. The van der Waals surface area contributed by atoms with Crippen LogP contribution in [0.3, 0.4) is 0 Å². The number of carbonyl (C=O) groups is 1. The minimum Gasteiger partial charge on any atom is -0.335 e. The maximum atomic E-state index is 12.2. The van der Waals surface area contributed by atoms with Crippen LogP contribution < -0.4 is 10.6 Å². The zero-order valence-corrected chi connectivity index (χ0v) is 14.8. The van der Waals surface area contributed by atoms with Gasteiger partial charge in [-0.15, -0.1) is 0 Å². The smallest absolute Gasteiger partial charge is 0.335 e. The lowest BCUT2D eigenvalue weighted by Crippen LogP contribution is -2.46. The first-order valence-electron chi connectivity index (χ1n) is 9.33. The number of likely N-dealkylation sites (tertiary alicyclic amines) is 1. The normalized spacial score (nSPS) is 19.3. The predicted octanol–water partition coefficient (Wildman–Crippen LogP) is 4.18. The van der Waals surface area contributed by atoms with E-state index in [1.54, 1.807) is 24.3 Å². The monoisotopic (exact) mass is 369 g/mol. The van der Waals surface area contributed by atoms with Gasteiger partial charge < -0.3 is 15.5 Å². The van der Waals surface area contributed by atoms with E-state index in [4.69, 9.17) is 0 Å². The molecule has 0 bridgehead atoms. The van der Waals surface area contributed by atoms with E-state index < -0.39 is 12.6 Å². The Morgan fingerprint density at radius 2 is 1.73 bits per heavy atom. The highest BCUT2D eigenvalue weighted by atomic mass is 19.4. The third-order valence-corrected chi connectivity index (χ3v) is 5.05. The third kappa shape index (κ3) is 6.52. The van der Waals surface area contributed by atoms with Crippen molar-refractivity contribution in [1.82, 2.24) is 10.2 Å². The number of hydrogen-bond donors (Lipinski definition) is 2. The lowest BCUT2D eigenvalue weighted by molar-refractivity contribution is -0.133. The third-order valence-electron chi connectivity index (χ3n) is 5.05. The van der Waals surface area contributed by atoms with Gasteiger partial charge >= 0.3 is 12.2 Å². The van der Waals surface area contributed by atoms with Crippen molar-refractivity contribution in [2.45, 2.75) is 50.7 Å². The van der Waals surface area contributed by atoms with Crippen LogP contribution in [-0.4, -0.2) is 42.8 Å².